The molecule has 2 amide bonds. The minimum Gasteiger partial charge on any atom is -0.347 e. The van der Waals surface area contributed by atoms with E-state index in [-0.39, 0.29) is 30.1 Å². The van der Waals surface area contributed by atoms with Crippen LogP contribution in [0.25, 0.3) is 11.4 Å². The number of halogens is 1. The largest absolute Gasteiger partial charge is 0.347 e. The van der Waals surface area contributed by atoms with E-state index in [0.717, 1.165) is 5.56 Å². The summed E-state index contributed by atoms with van der Waals surface area (Å²) in [6.45, 7) is 2.09. The summed E-state index contributed by atoms with van der Waals surface area (Å²) in [6.07, 6.45) is 1.69. The Morgan fingerprint density at radius 2 is 1.86 bits per heavy atom. The van der Waals surface area contributed by atoms with Crippen LogP contribution < -0.4 is 10.2 Å². The van der Waals surface area contributed by atoms with E-state index >= 15 is 0 Å². The average molecular weight is 390 g/mol. The molecule has 4 rings (SSSR count). The van der Waals surface area contributed by atoms with Crippen LogP contribution in [0.1, 0.15) is 22.5 Å². The number of carbonyl (C=O) groups is 2. The number of aromatic nitrogens is 2. The Labute approximate surface area is 167 Å². The van der Waals surface area contributed by atoms with Gasteiger partial charge in [-0.25, -0.2) is 14.4 Å². The molecule has 0 bridgehead atoms. The molecule has 1 aromatic heterocycles. The van der Waals surface area contributed by atoms with Crippen molar-refractivity contribution in [2.75, 3.05) is 11.4 Å². The smallest absolute Gasteiger partial charge is 0.254 e. The molecule has 2 heterocycles. The zero-order valence-corrected chi connectivity index (χ0v) is 15.8. The van der Waals surface area contributed by atoms with E-state index in [0.29, 0.717) is 29.3 Å². The van der Waals surface area contributed by atoms with E-state index < -0.39 is 0 Å². The standard InChI is InChI=1S/C22H19FN4O2/c1-14-19(12-24-21(25-14)15-5-3-2-4-6-15)22(29)26-17-11-20(28)27(13-17)18-9-7-16(23)8-10-18/h2-10,12,17H,11,13H2,1H3,(H,26,29). The van der Waals surface area contributed by atoms with E-state index in [2.05, 4.69) is 15.3 Å². The molecule has 0 aliphatic carbocycles. The van der Waals surface area contributed by atoms with Gasteiger partial charge in [0.15, 0.2) is 5.82 Å². The van der Waals surface area contributed by atoms with E-state index in [1.807, 2.05) is 30.3 Å². The van der Waals surface area contributed by atoms with Crippen LogP contribution >= 0.6 is 0 Å². The van der Waals surface area contributed by atoms with Crippen molar-refractivity contribution in [1.82, 2.24) is 15.3 Å². The molecular formula is C22H19FN4O2. The third-order valence-corrected chi connectivity index (χ3v) is 4.85. The molecule has 6 nitrogen and oxygen atoms in total. The van der Waals surface area contributed by atoms with E-state index in [1.165, 1.54) is 18.3 Å². The highest BCUT2D eigenvalue weighted by atomic mass is 19.1. The molecule has 0 saturated carbocycles. The first-order valence-electron chi connectivity index (χ1n) is 9.27. The van der Waals surface area contributed by atoms with Crippen LogP contribution in [0.4, 0.5) is 10.1 Å². The Morgan fingerprint density at radius 1 is 1.14 bits per heavy atom. The minimum atomic E-state index is -0.361. The molecule has 1 fully saturated rings. The monoisotopic (exact) mass is 390 g/mol. The first-order valence-corrected chi connectivity index (χ1v) is 9.27. The lowest BCUT2D eigenvalue weighted by Crippen LogP contribution is -2.37. The maximum absolute atomic E-state index is 13.1. The molecule has 0 spiro atoms. The Hall–Kier alpha value is -3.61. The first-order chi connectivity index (χ1) is 14.0. The SMILES string of the molecule is Cc1nc(-c2ccccc2)ncc1C(=O)NC1CC(=O)N(c2ccc(F)cc2)C1. The summed E-state index contributed by atoms with van der Waals surface area (Å²) in [6, 6.07) is 14.9. The van der Waals surface area contributed by atoms with Crippen LogP contribution in [0.3, 0.4) is 0 Å². The van der Waals surface area contributed by atoms with Crippen molar-refractivity contribution in [3.8, 4) is 11.4 Å². The second-order valence-electron chi connectivity index (χ2n) is 6.91. The Kier molecular flexibility index (Phi) is 5.03. The maximum Gasteiger partial charge on any atom is 0.254 e. The van der Waals surface area contributed by atoms with Crippen molar-refractivity contribution in [3.63, 3.8) is 0 Å². The summed E-state index contributed by atoms with van der Waals surface area (Å²) in [4.78, 5) is 35.3. The highest BCUT2D eigenvalue weighted by Gasteiger charge is 2.32. The second kappa shape index (κ2) is 7.79. The zero-order valence-electron chi connectivity index (χ0n) is 15.8. The molecule has 0 radical (unpaired) electrons. The predicted octanol–water partition coefficient (Wildman–Crippen LogP) is 3.13. The Balaban J connectivity index is 1.46. The molecule has 3 aromatic rings. The summed E-state index contributed by atoms with van der Waals surface area (Å²) in [5.41, 5.74) is 2.42. The van der Waals surface area contributed by atoms with Crippen molar-refractivity contribution in [2.45, 2.75) is 19.4 Å². The molecule has 1 unspecified atom stereocenters. The molecule has 1 aliphatic rings. The number of aryl methyl sites for hydroxylation is 1. The normalized spacial score (nSPS) is 16.1. The number of carbonyl (C=O) groups excluding carboxylic acids is 2. The van der Waals surface area contributed by atoms with Gasteiger partial charge in [0.25, 0.3) is 5.91 Å². The Morgan fingerprint density at radius 3 is 2.55 bits per heavy atom. The van der Waals surface area contributed by atoms with Crippen molar-refractivity contribution in [1.29, 1.82) is 0 Å². The van der Waals surface area contributed by atoms with E-state index in [1.54, 1.807) is 24.0 Å². The van der Waals surface area contributed by atoms with Crippen LogP contribution in [-0.4, -0.2) is 34.4 Å². The third-order valence-electron chi connectivity index (χ3n) is 4.85. The number of benzene rings is 2. The fourth-order valence-electron chi connectivity index (χ4n) is 3.35. The van der Waals surface area contributed by atoms with Gasteiger partial charge in [-0.1, -0.05) is 30.3 Å². The summed E-state index contributed by atoms with van der Waals surface area (Å²) >= 11 is 0. The van der Waals surface area contributed by atoms with Crippen molar-refractivity contribution in [2.24, 2.45) is 0 Å². The van der Waals surface area contributed by atoms with Crippen molar-refractivity contribution < 1.29 is 14.0 Å². The lowest BCUT2D eigenvalue weighted by molar-refractivity contribution is -0.117. The number of hydrogen-bond acceptors (Lipinski definition) is 4. The number of nitrogens with one attached hydrogen (secondary N) is 1. The van der Waals surface area contributed by atoms with Crippen LogP contribution in [-0.2, 0) is 4.79 Å². The van der Waals surface area contributed by atoms with Gasteiger partial charge in [-0.15, -0.1) is 0 Å². The van der Waals surface area contributed by atoms with Gasteiger partial charge in [0.1, 0.15) is 5.82 Å². The van der Waals surface area contributed by atoms with Gasteiger partial charge in [-0.2, -0.15) is 0 Å². The topological polar surface area (TPSA) is 75.2 Å². The lowest BCUT2D eigenvalue weighted by atomic mass is 10.1. The fraction of sp³-hybridized carbons (Fsp3) is 0.182. The Bertz CT molecular complexity index is 1050. The molecule has 1 N–H and O–H groups in total. The molecular weight excluding hydrogens is 371 g/mol. The summed E-state index contributed by atoms with van der Waals surface area (Å²) in [5.74, 6) is -0.243. The highest BCUT2D eigenvalue weighted by Crippen LogP contribution is 2.22. The molecule has 1 saturated heterocycles. The van der Waals surface area contributed by atoms with Crippen LogP contribution in [0.2, 0.25) is 0 Å². The summed E-state index contributed by atoms with van der Waals surface area (Å²) in [5, 5.41) is 2.88. The number of anilines is 1. The van der Waals surface area contributed by atoms with Crippen LogP contribution in [0.15, 0.2) is 60.8 Å². The number of nitrogens with zero attached hydrogens (tertiary/aromatic N) is 3. The molecule has 1 atom stereocenters. The minimum absolute atomic E-state index is 0.116. The number of amides is 2. The quantitative estimate of drug-likeness (QED) is 0.743. The first kappa shape index (κ1) is 18.7. The van der Waals surface area contributed by atoms with Crippen molar-refractivity contribution in [3.05, 3.63) is 77.9 Å². The molecule has 146 valence electrons. The van der Waals surface area contributed by atoms with Crippen LogP contribution in [0, 0.1) is 12.7 Å². The highest BCUT2D eigenvalue weighted by molar-refractivity contribution is 5.99. The molecule has 1 aliphatic heterocycles. The maximum atomic E-state index is 13.1. The van der Waals surface area contributed by atoms with E-state index in [4.69, 9.17) is 0 Å². The third kappa shape index (κ3) is 3.99. The fourth-order valence-corrected chi connectivity index (χ4v) is 3.35. The van der Waals surface area contributed by atoms with E-state index in [9.17, 15) is 14.0 Å². The predicted molar refractivity (Wildman–Crippen MR) is 107 cm³/mol. The van der Waals surface area contributed by atoms with Crippen LogP contribution in [0.5, 0.6) is 0 Å². The molecule has 29 heavy (non-hydrogen) atoms. The van der Waals surface area contributed by atoms with Gasteiger partial charge < -0.3 is 10.2 Å². The summed E-state index contributed by atoms with van der Waals surface area (Å²) < 4.78 is 13.1. The number of hydrogen-bond donors (Lipinski definition) is 1. The number of rotatable bonds is 4. The van der Waals surface area contributed by atoms with Crippen molar-refractivity contribution >= 4 is 17.5 Å². The lowest BCUT2D eigenvalue weighted by Gasteiger charge is -2.17. The van der Waals surface area contributed by atoms with Gasteiger partial charge in [-0.05, 0) is 31.2 Å². The summed E-state index contributed by atoms with van der Waals surface area (Å²) in [7, 11) is 0. The molecule has 2 aromatic carbocycles. The van der Waals surface area contributed by atoms with Gasteiger partial charge in [0.05, 0.1) is 17.3 Å². The second-order valence-corrected chi connectivity index (χ2v) is 6.91. The van der Waals surface area contributed by atoms with Gasteiger partial charge in [0.2, 0.25) is 5.91 Å². The van der Waals surface area contributed by atoms with Gasteiger partial charge in [0, 0.05) is 30.4 Å². The van der Waals surface area contributed by atoms with Gasteiger partial charge >= 0.3 is 0 Å². The zero-order chi connectivity index (χ0) is 20.4. The average Bonchev–Trinajstić information content (AvgIpc) is 3.09. The molecule has 7 heteroatoms. The van der Waals surface area contributed by atoms with Gasteiger partial charge in [-0.3, -0.25) is 9.59 Å².